The van der Waals surface area contributed by atoms with Crippen molar-refractivity contribution in [2.75, 3.05) is 6.54 Å². The van der Waals surface area contributed by atoms with E-state index in [2.05, 4.69) is 24.5 Å². The predicted octanol–water partition coefficient (Wildman–Crippen LogP) is 3.21. The molecule has 0 radical (unpaired) electrons. The second kappa shape index (κ2) is 10.2. The van der Waals surface area contributed by atoms with Crippen molar-refractivity contribution in [1.29, 1.82) is 0 Å². The van der Waals surface area contributed by atoms with Gasteiger partial charge in [-0.25, -0.2) is 0 Å². The molecule has 2 aliphatic heterocycles. The average Bonchev–Trinajstić information content (AvgIpc) is 3.46. The fraction of sp³-hybridized carbons (Fsp3) is 0.690. The quantitative estimate of drug-likeness (QED) is 0.416. The monoisotopic (exact) mass is 496 g/mol. The summed E-state index contributed by atoms with van der Waals surface area (Å²) in [6.45, 7) is 5.05. The number of hydrogen-bond donors (Lipinski definition) is 4. The third kappa shape index (κ3) is 4.44. The molecule has 2 heterocycles. The SMILES string of the molecule is CC[C@H]1C[C@H]2C[C@H]3[C@@H]4C/C=C\C(=O)NCCC[C@@H]5NC(=O)C(=C(O)/C=C/[C@H]4C[C@@H](O)[C@@H]3[C@H]2[C@@H]1C)C5=O. The van der Waals surface area contributed by atoms with Crippen LogP contribution in [0.25, 0.3) is 0 Å². The minimum atomic E-state index is -0.680. The van der Waals surface area contributed by atoms with E-state index >= 15 is 0 Å². The molecule has 36 heavy (non-hydrogen) atoms. The van der Waals surface area contributed by atoms with E-state index in [9.17, 15) is 24.6 Å². The number of fused-ring (bicyclic) bond motifs is 7. The maximum Gasteiger partial charge on any atom is 0.259 e. The van der Waals surface area contributed by atoms with Crippen molar-refractivity contribution >= 4 is 17.6 Å². The van der Waals surface area contributed by atoms with Crippen LogP contribution in [0.4, 0.5) is 0 Å². The minimum absolute atomic E-state index is 0.0175. The summed E-state index contributed by atoms with van der Waals surface area (Å²) in [7, 11) is 0. The Morgan fingerprint density at radius 2 is 1.86 bits per heavy atom. The minimum Gasteiger partial charge on any atom is -0.507 e. The molecule has 0 spiro atoms. The maximum absolute atomic E-state index is 12.8. The van der Waals surface area contributed by atoms with E-state index in [0.717, 1.165) is 18.8 Å². The van der Waals surface area contributed by atoms with E-state index in [0.29, 0.717) is 49.5 Å². The second-order valence-corrected chi connectivity index (χ2v) is 11.8. The molecular formula is C29H40N2O5. The van der Waals surface area contributed by atoms with Crippen LogP contribution in [0.2, 0.25) is 0 Å². The normalized spacial score (nSPS) is 44.9. The molecule has 7 heteroatoms. The van der Waals surface area contributed by atoms with Gasteiger partial charge in [0.2, 0.25) is 5.91 Å². The second-order valence-electron chi connectivity index (χ2n) is 11.8. The smallest absolute Gasteiger partial charge is 0.259 e. The third-order valence-electron chi connectivity index (χ3n) is 10.1. The lowest BCUT2D eigenvalue weighted by atomic mass is 9.62. The summed E-state index contributed by atoms with van der Waals surface area (Å²) in [5.41, 5.74) is -0.187. The fourth-order valence-corrected chi connectivity index (χ4v) is 8.49. The lowest BCUT2D eigenvalue weighted by molar-refractivity contribution is -0.118. The Kier molecular flexibility index (Phi) is 7.12. The van der Waals surface area contributed by atoms with Gasteiger partial charge in [0.05, 0.1) is 12.1 Å². The number of hydrogen-bond acceptors (Lipinski definition) is 5. The number of rotatable bonds is 1. The number of carbonyl (C=O) groups is 3. The Morgan fingerprint density at radius 1 is 1.06 bits per heavy atom. The summed E-state index contributed by atoms with van der Waals surface area (Å²) in [6, 6.07) is -0.680. The van der Waals surface area contributed by atoms with Crippen molar-refractivity contribution in [3.8, 4) is 0 Å². The summed E-state index contributed by atoms with van der Waals surface area (Å²) < 4.78 is 0. The molecular weight excluding hydrogens is 456 g/mol. The highest BCUT2D eigenvalue weighted by Crippen LogP contribution is 2.62. The lowest BCUT2D eigenvalue weighted by Crippen LogP contribution is -2.43. The Morgan fingerprint density at radius 3 is 2.64 bits per heavy atom. The molecule has 1 saturated heterocycles. The van der Waals surface area contributed by atoms with Crippen LogP contribution in [0.1, 0.15) is 58.8 Å². The van der Waals surface area contributed by atoms with Crippen LogP contribution in [0, 0.1) is 47.3 Å². The number of aliphatic hydroxyl groups is 2. The Hall–Kier alpha value is -2.41. The zero-order valence-electron chi connectivity index (χ0n) is 21.4. The molecule has 3 saturated carbocycles. The van der Waals surface area contributed by atoms with Crippen LogP contribution >= 0.6 is 0 Å². The molecule has 5 aliphatic rings. The first kappa shape index (κ1) is 25.2. The van der Waals surface area contributed by atoms with Gasteiger partial charge in [-0.2, -0.15) is 0 Å². The van der Waals surface area contributed by atoms with E-state index in [4.69, 9.17) is 0 Å². The van der Waals surface area contributed by atoms with Gasteiger partial charge in [-0.1, -0.05) is 32.4 Å². The van der Waals surface area contributed by atoms with E-state index in [-0.39, 0.29) is 35.0 Å². The lowest BCUT2D eigenvalue weighted by Gasteiger charge is -2.44. The molecule has 0 aromatic carbocycles. The van der Waals surface area contributed by atoms with Crippen molar-refractivity contribution in [2.24, 2.45) is 47.3 Å². The first-order valence-electron chi connectivity index (χ1n) is 13.9. The van der Waals surface area contributed by atoms with Gasteiger partial charge in [0.25, 0.3) is 5.91 Å². The van der Waals surface area contributed by atoms with Gasteiger partial charge in [0.1, 0.15) is 11.3 Å². The number of amides is 2. The summed E-state index contributed by atoms with van der Waals surface area (Å²) >= 11 is 0. The topological polar surface area (TPSA) is 116 Å². The molecule has 0 aromatic heterocycles. The van der Waals surface area contributed by atoms with Crippen LogP contribution in [0.15, 0.2) is 35.6 Å². The fourth-order valence-electron chi connectivity index (χ4n) is 8.49. The van der Waals surface area contributed by atoms with Crippen molar-refractivity contribution in [2.45, 2.75) is 70.9 Å². The number of nitrogens with one attached hydrogen (secondary N) is 2. The molecule has 4 N–H and O–H groups in total. The Bertz CT molecular complexity index is 1000. The molecule has 3 aliphatic carbocycles. The molecule has 0 unspecified atom stereocenters. The van der Waals surface area contributed by atoms with Crippen LogP contribution < -0.4 is 10.6 Å². The molecule has 2 bridgehead atoms. The Labute approximate surface area is 213 Å². The zero-order valence-corrected chi connectivity index (χ0v) is 21.4. The van der Waals surface area contributed by atoms with E-state index in [1.54, 1.807) is 6.08 Å². The van der Waals surface area contributed by atoms with Gasteiger partial charge in [0.15, 0.2) is 5.78 Å². The van der Waals surface area contributed by atoms with Crippen LogP contribution in [0.3, 0.4) is 0 Å². The molecule has 196 valence electrons. The number of Topliss-reactive ketones (excluding diaryl/α,β-unsaturated/α-hetero) is 1. The van der Waals surface area contributed by atoms with Gasteiger partial charge < -0.3 is 20.8 Å². The molecule has 10 atom stereocenters. The number of carbonyl (C=O) groups excluding carboxylic acids is 3. The van der Waals surface area contributed by atoms with Gasteiger partial charge in [-0.15, -0.1) is 0 Å². The standard InChI is InChI=1S/C29H40N2O5/c1-3-16-12-18-13-20-19-6-4-8-24(34)30-11-5-7-21-28(35)27(29(36)31-21)22(32)10-9-17(19)14-23(33)26(20)25(18)15(16)2/h4,8-10,15-21,23,25-26,32-33H,3,5-7,11-14H2,1-2H3,(H,30,34)(H,31,36)/b8-4-,10-9+,27-22?/t15-,16+,17+,18+,19-,20+,21+,23-,25+,26-/m1/s1. The first-order chi connectivity index (χ1) is 17.3. The van der Waals surface area contributed by atoms with E-state index in [1.807, 2.05) is 12.2 Å². The highest BCUT2D eigenvalue weighted by molar-refractivity contribution is 6.27. The van der Waals surface area contributed by atoms with E-state index in [1.165, 1.54) is 18.9 Å². The molecule has 5 rings (SSSR count). The molecule has 0 aromatic rings. The van der Waals surface area contributed by atoms with Crippen LogP contribution in [-0.4, -0.2) is 46.5 Å². The summed E-state index contributed by atoms with van der Waals surface area (Å²) in [4.78, 5) is 37.6. The zero-order chi connectivity index (χ0) is 25.6. The molecule has 4 fully saturated rings. The van der Waals surface area contributed by atoms with Crippen molar-refractivity contribution in [3.63, 3.8) is 0 Å². The molecule has 7 nitrogen and oxygen atoms in total. The number of aliphatic hydroxyl groups excluding tert-OH is 2. The number of allylic oxidation sites excluding steroid dienone is 3. The average molecular weight is 497 g/mol. The largest absolute Gasteiger partial charge is 0.507 e. The molecule has 2 amide bonds. The van der Waals surface area contributed by atoms with Crippen molar-refractivity contribution in [3.05, 3.63) is 35.6 Å². The maximum atomic E-state index is 12.8. The first-order valence-corrected chi connectivity index (χ1v) is 13.9. The van der Waals surface area contributed by atoms with Crippen LogP contribution in [-0.2, 0) is 14.4 Å². The van der Waals surface area contributed by atoms with Crippen LogP contribution in [0.5, 0.6) is 0 Å². The highest BCUT2D eigenvalue weighted by atomic mass is 16.3. The number of ketones is 1. The van der Waals surface area contributed by atoms with Crippen molar-refractivity contribution < 1.29 is 24.6 Å². The summed E-state index contributed by atoms with van der Waals surface area (Å²) in [6.07, 6.45) is 12.3. The van der Waals surface area contributed by atoms with E-state index < -0.39 is 23.8 Å². The predicted molar refractivity (Wildman–Crippen MR) is 135 cm³/mol. The van der Waals surface area contributed by atoms with Gasteiger partial charge in [-0.3, -0.25) is 14.4 Å². The van der Waals surface area contributed by atoms with Gasteiger partial charge >= 0.3 is 0 Å². The van der Waals surface area contributed by atoms with Crippen molar-refractivity contribution in [1.82, 2.24) is 10.6 Å². The summed E-state index contributed by atoms with van der Waals surface area (Å²) in [5, 5.41) is 27.6. The highest BCUT2D eigenvalue weighted by Gasteiger charge is 2.57. The summed E-state index contributed by atoms with van der Waals surface area (Å²) in [5.74, 6) is 1.94. The van der Waals surface area contributed by atoms with Gasteiger partial charge in [0, 0.05) is 6.54 Å². The third-order valence-corrected chi connectivity index (χ3v) is 10.1. The van der Waals surface area contributed by atoms with Gasteiger partial charge in [-0.05, 0) is 98.0 Å². The Balaban J connectivity index is 1.46.